The molecule has 0 aromatic rings. The highest BCUT2D eigenvalue weighted by atomic mass is 32.2. The first-order valence-corrected chi connectivity index (χ1v) is 8.15. The molecule has 2 fully saturated rings. The molecular weight excluding hydrogens is 280 g/mol. The second-order valence-electron chi connectivity index (χ2n) is 5.22. The molecular formula is C13H24N2O4S. The number of aliphatic imine (C=N–C) groups is 1. The zero-order valence-corrected chi connectivity index (χ0v) is 12.6. The third-order valence-corrected chi connectivity index (χ3v) is 4.70. The van der Waals surface area contributed by atoms with Crippen molar-refractivity contribution in [1.29, 1.82) is 0 Å². The third kappa shape index (κ3) is 3.65. The minimum absolute atomic E-state index is 0.140. The van der Waals surface area contributed by atoms with Gasteiger partial charge in [-0.25, -0.2) is 0 Å². The van der Waals surface area contributed by atoms with Crippen LogP contribution in [0.5, 0.6) is 0 Å². The lowest BCUT2D eigenvalue weighted by Crippen LogP contribution is -2.58. The first-order valence-electron chi connectivity index (χ1n) is 7.27. The van der Waals surface area contributed by atoms with Gasteiger partial charge in [0.25, 0.3) is 0 Å². The summed E-state index contributed by atoms with van der Waals surface area (Å²) in [5.74, 6) is 0. The van der Waals surface area contributed by atoms with E-state index >= 15 is 0 Å². The van der Waals surface area contributed by atoms with Crippen LogP contribution in [-0.4, -0.2) is 63.4 Å². The number of aliphatic hydroxyl groups is 3. The number of fused-ring (bicyclic) bond motifs is 1. The minimum atomic E-state index is -0.895. The van der Waals surface area contributed by atoms with Crippen LogP contribution in [0.25, 0.3) is 0 Å². The number of nitrogens with one attached hydrogen (secondary N) is 1. The van der Waals surface area contributed by atoms with Crippen molar-refractivity contribution in [2.45, 2.75) is 62.4 Å². The van der Waals surface area contributed by atoms with Gasteiger partial charge in [-0.2, -0.15) is 0 Å². The van der Waals surface area contributed by atoms with Crippen LogP contribution in [0.3, 0.4) is 0 Å². The molecule has 20 heavy (non-hydrogen) atoms. The fourth-order valence-electron chi connectivity index (χ4n) is 2.46. The Kier molecular flexibility index (Phi) is 6.10. The van der Waals surface area contributed by atoms with E-state index in [0.717, 1.165) is 24.6 Å². The molecule has 0 bridgehead atoms. The Bertz CT molecular complexity index is 342. The highest BCUT2D eigenvalue weighted by Crippen LogP contribution is 2.35. The van der Waals surface area contributed by atoms with Crippen LogP contribution >= 0.6 is 11.8 Å². The van der Waals surface area contributed by atoms with Crippen LogP contribution in [0, 0.1) is 0 Å². The average Bonchev–Trinajstić information content (AvgIpc) is 2.85. The standard InChI is InChI=1S/C13H24N2O4S/c1-2-6-14-13-15-9-11(18)10(17)8(5-3-4-7-16)19-12(9)20-13/h8-12,16-18H,2-7H2,1H3,(H,14,15)/t8?,9?,10?,11?,12-/m0/s1. The molecule has 2 aliphatic heterocycles. The largest absolute Gasteiger partial charge is 0.396 e. The number of hydrogen-bond donors (Lipinski definition) is 4. The van der Waals surface area contributed by atoms with Gasteiger partial charge in [0, 0.05) is 13.2 Å². The van der Waals surface area contributed by atoms with Crippen molar-refractivity contribution in [3.05, 3.63) is 0 Å². The molecule has 116 valence electrons. The van der Waals surface area contributed by atoms with Crippen LogP contribution in [0.4, 0.5) is 0 Å². The molecule has 0 radical (unpaired) electrons. The molecule has 2 heterocycles. The number of hydrogen-bond acceptors (Lipinski definition) is 6. The highest BCUT2D eigenvalue weighted by molar-refractivity contribution is 8.14. The van der Waals surface area contributed by atoms with E-state index in [1.807, 2.05) is 0 Å². The monoisotopic (exact) mass is 304 g/mol. The summed E-state index contributed by atoms with van der Waals surface area (Å²) in [6, 6.07) is -0.306. The summed E-state index contributed by atoms with van der Waals surface area (Å²) in [4.78, 5) is 4.39. The molecule has 0 aromatic heterocycles. The maximum Gasteiger partial charge on any atom is 0.159 e. The van der Waals surface area contributed by atoms with Gasteiger partial charge in [0.1, 0.15) is 17.6 Å². The molecule has 0 amide bonds. The highest BCUT2D eigenvalue weighted by Gasteiger charge is 2.48. The Morgan fingerprint density at radius 3 is 2.80 bits per heavy atom. The molecule has 4 N–H and O–H groups in total. The Balaban J connectivity index is 1.94. The number of thioether (sulfide) groups is 1. The van der Waals surface area contributed by atoms with E-state index in [1.165, 1.54) is 11.8 Å². The van der Waals surface area contributed by atoms with E-state index in [1.54, 1.807) is 0 Å². The molecule has 5 atom stereocenters. The second-order valence-corrected chi connectivity index (χ2v) is 6.31. The van der Waals surface area contributed by atoms with Gasteiger partial charge in [-0.05, 0) is 25.7 Å². The fraction of sp³-hybridized carbons (Fsp3) is 0.923. The van der Waals surface area contributed by atoms with Gasteiger partial charge in [0.15, 0.2) is 5.17 Å². The number of rotatable bonds is 6. The predicted molar refractivity (Wildman–Crippen MR) is 78.7 cm³/mol. The molecule has 0 saturated carbocycles. The Labute approximate surface area is 123 Å². The average molecular weight is 304 g/mol. The van der Waals surface area contributed by atoms with Gasteiger partial charge in [0.05, 0.1) is 12.1 Å². The van der Waals surface area contributed by atoms with E-state index in [4.69, 9.17) is 9.84 Å². The first kappa shape index (κ1) is 16.0. The number of aliphatic hydroxyl groups excluding tert-OH is 3. The van der Waals surface area contributed by atoms with Crippen molar-refractivity contribution in [3.8, 4) is 0 Å². The molecule has 0 spiro atoms. The van der Waals surface area contributed by atoms with Crippen LogP contribution < -0.4 is 5.32 Å². The molecule has 6 nitrogen and oxygen atoms in total. The summed E-state index contributed by atoms with van der Waals surface area (Å²) in [6.07, 6.45) is 0.949. The van der Waals surface area contributed by atoms with E-state index in [0.29, 0.717) is 12.8 Å². The third-order valence-electron chi connectivity index (χ3n) is 3.59. The summed E-state index contributed by atoms with van der Waals surface area (Å²) in [6.45, 7) is 2.94. The SMILES string of the molecule is CCCN=C1NC2C(O)C(O)C(CCCCO)O[C@H]2S1. The Morgan fingerprint density at radius 1 is 1.30 bits per heavy atom. The summed E-state index contributed by atoms with van der Waals surface area (Å²) < 4.78 is 5.88. The minimum Gasteiger partial charge on any atom is -0.396 e. The van der Waals surface area contributed by atoms with Crippen LogP contribution in [0.1, 0.15) is 32.6 Å². The lowest BCUT2D eigenvalue weighted by Gasteiger charge is -2.39. The van der Waals surface area contributed by atoms with Gasteiger partial charge in [-0.3, -0.25) is 4.99 Å². The summed E-state index contributed by atoms with van der Waals surface area (Å²) in [7, 11) is 0. The zero-order valence-electron chi connectivity index (χ0n) is 11.7. The number of amidine groups is 1. The van der Waals surface area contributed by atoms with E-state index < -0.39 is 12.2 Å². The molecule has 7 heteroatoms. The number of ether oxygens (including phenoxy) is 1. The maximum atomic E-state index is 10.2. The van der Waals surface area contributed by atoms with E-state index in [-0.39, 0.29) is 24.2 Å². The van der Waals surface area contributed by atoms with E-state index in [9.17, 15) is 10.2 Å². The lowest BCUT2D eigenvalue weighted by molar-refractivity contribution is -0.158. The van der Waals surface area contributed by atoms with Gasteiger partial charge >= 0.3 is 0 Å². The van der Waals surface area contributed by atoms with Crippen molar-refractivity contribution >= 4 is 16.9 Å². The van der Waals surface area contributed by atoms with Crippen molar-refractivity contribution < 1.29 is 20.1 Å². The van der Waals surface area contributed by atoms with Crippen molar-refractivity contribution in [2.24, 2.45) is 4.99 Å². The second kappa shape index (κ2) is 7.61. The fourth-order valence-corrected chi connectivity index (χ4v) is 3.63. The summed E-state index contributed by atoms with van der Waals surface area (Å²) in [5.41, 5.74) is -0.205. The Morgan fingerprint density at radius 2 is 2.10 bits per heavy atom. The molecule has 2 saturated heterocycles. The predicted octanol–water partition coefficient (Wildman–Crippen LogP) is 0.0667. The first-order chi connectivity index (χ1) is 9.67. The van der Waals surface area contributed by atoms with Gasteiger partial charge < -0.3 is 25.4 Å². The zero-order chi connectivity index (χ0) is 14.5. The number of unbranched alkanes of at least 4 members (excludes halogenated alkanes) is 1. The van der Waals surface area contributed by atoms with Gasteiger partial charge in [-0.15, -0.1) is 0 Å². The van der Waals surface area contributed by atoms with Crippen LogP contribution in [0.2, 0.25) is 0 Å². The van der Waals surface area contributed by atoms with Crippen LogP contribution in [0.15, 0.2) is 4.99 Å². The molecule has 2 aliphatic rings. The lowest BCUT2D eigenvalue weighted by atomic mass is 9.95. The molecule has 0 aromatic carbocycles. The summed E-state index contributed by atoms with van der Waals surface area (Å²) >= 11 is 1.48. The topological polar surface area (TPSA) is 94.3 Å². The number of nitrogens with zero attached hydrogens (tertiary/aromatic N) is 1. The molecule has 4 unspecified atom stereocenters. The quantitative estimate of drug-likeness (QED) is 0.519. The smallest absolute Gasteiger partial charge is 0.159 e. The Hall–Kier alpha value is -0.340. The van der Waals surface area contributed by atoms with Crippen molar-refractivity contribution in [1.82, 2.24) is 5.32 Å². The molecule has 0 aliphatic carbocycles. The van der Waals surface area contributed by atoms with Gasteiger partial charge in [-0.1, -0.05) is 18.7 Å². The molecule has 2 rings (SSSR count). The van der Waals surface area contributed by atoms with Gasteiger partial charge in [0.2, 0.25) is 0 Å². The van der Waals surface area contributed by atoms with Crippen molar-refractivity contribution in [2.75, 3.05) is 13.2 Å². The van der Waals surface area contributed by atoms with Crippen molar-refractivity contribution in [3.63, 3.8) is 0 Å². The van der Waals surface area contributed by atoms with E-state index in [2.05, 4.69) is 17.2 Å². The maximum absolute atomic E-state index is 10.2. The summed E-state index contributed by atoms with van der Waals surface area (Å²) in [5, 5.41) is 33.0. The van der Waals surface area contributed by atoms with Crippen LogP contribution in [-0.2, 0) is 4.74 Å². The normalized spacial score (nSPS) is 38.8.